The predicted molar refractivity (Wildman–Crippen MR) is 72.6 cm³/mol. The lowest BCUT2D eigenvalue weighted by Gasteiger charge is -2.17. The molecular weight excluding hydrogens is 228 g/mol. The SMILES string of the molecule is CCN(C)C(=O)COc1cc(C)ccc1[C@@H](C)N. The van der Waals surface area contributed by atoms with Gasteiger partial charge in [-0.3, -0.25) is 4.79 Å². The number of hydrogen-bond acceptors (Lipinski definition) is 3. The third-order valence-electron chi connectivity index (χ3n) is 2.91. The van der Waals surface area contributed by atoms with Gasteiger partial charge in [0.25, 0.3) is 5.91 Å². The van der Waals surface area contributed by atoms with Gasteiger partial charge in [-0.05, 0) is 32.4 Å². The molecule has 0 fully saturated rings. The summed E-state index contributed by atoms with van der Waals surface area (Å²) in [4.78, 5) is 13.3. The van der Waals surface area contributed by atoms with Crippen molar-refractivity contribution in [2.24, 2.45) is 5.73 Å². The van der Waals surface area contributed by atoms with Gasteiger partial charge in [-0.2, -0.15) is 0 Å². The van der Waals surface area contributed by atoms with Gasteiger partial charge in [0.15, 0.2) is 6.61 Å². The minimum absolute atomic E-state index is 0.0327. The molecule has 4 nitrogen and oxygen atoms in total. The Hall–Kier alpha value is -1.55. The number of nitrogens with zero attached hydrogens (tertiary/aromatic N) is 1. The first-order valence-electron chi connectivity index (χ1n) is 6.18. The fraction of sp³-hybridized carbons (Fsp3) is 0.500. The van der Waals surface area contributed by atoms with E-state index in [1.807, 2.05) is 39.0 Å². The minimum Gasteiger partial charge on any atom is -0.483 e. The summed E-state index contributed by atoms with van der Waals surface area (Å²) in [5, 5.41) is 0. The summed E-state index contributed by atoms with van der Waals surface area (Å²) in [6.45, 7) is 6.54. The normalized spacial score (nSPS) is 12.1. The van der Waals surface area contributed by atoms with Crippen molar-refractivity contribution in [3.8, 4) is 5.75 Å². The van der Waals surface area contributed by atoms with Gasteiger partial charge >= 0.3 is 0 Å². The molecule has 1 rings (SSSR count). The third-order valence-corrected chi connectivity index (χ3v) is 2.91. The van der Waals surface area contributed by atoms with E-state index in [9.17, 15) is 4.79 Å². The molecule has 2 N–H and O–H groups in total. The van der Waals surface area contributed by atoms with E-state index in [1.54, 1.807) is 11.9 Å². The van der Waals surface area contributed by atoms with Crippen LogP contribution in [-0.4, -0.2) is 31.0 Å². The molecule has 0 saturated heterocycles. The van der Waals surface area contributed by atoms with E-state index in [4.69, 9.17) is 10.5 Å². The van der Waals surface area contributed by atoms with Gasteiger partial charge in [0, 0.05) is 25.2 Å². The molecule has 1 aromatic rings. The average molecular weight is 250 g/mol. The molecule has 0 saturated carbocycles. The van der Waals surface area contributed by atoms with Crippen LogP contribution in [0.1, 0.15) is 31.0 Å². The summed E-state index contributed by atoms with van der Waals surface area (Å²) in [6, 6.07) is 5.74. The van der Waals surface area contributed by atoms with Crippen LogP contribution in [0.2, 0.25) is 0 Å². The summed E-state index contributed by atoms with van der Waals surface area (Å²) in [7, 11) is 1.76. The second kappa shape index (κ2) is 6.40. The van der Waals surface area contributed by atoms with Crippen molar-refractivity contribution in [1.29, 1.82) is 0 Å². The maximum absolute atomic E-state index is 11.7. The lowest BCUT2D eigenvalue weighted by molar-refractivity contribution is -0.131. The van der Waals surface area contributed by atoms with Crippen LogP contribution >= 0.6 is 0 Å². The highest BCUT2D eigenvalue weighted by Gasteiger charge is 2.12. The van der Waals surface area contributed by atoms with Crippen molar-refractivity contribution in [3.63, 3.8) is 0 Å². The van der Waals surface area contributed by atoms with Crippen LogP contribution in [0.4, 0.5) is 0 Å². The number of nitrogens with two attached hydrogens (primary N) is 1. The highest BCUT2D eigenvalue weighted by atomic mass is 16.5. The van der Waals surface area contributed by atoms with Gasteiger partial charge in [-0.25, -0.2) is 0 Å². The maximum atomic E-state index is 11.7. The Morgan fingerprint density at radius 3 is 2.72 bits per heavy atom. The molecule has 0 radical (unpaired) electrons. The first kappa shape index (κ1) is 14.5. The van der Waals surface area contributed by atoms with Crippen molar-refractivity contribution < 1.29 is 9.53 Å². The van der Waals surface area contributed by atoms with Gasteiger partial charge in [-0.1, -0.05) is 12.1 Å². The Morgan fingerprint density at radius 1 is 1.50 bits per heavy atom. The lowest BCUT2D eigenvalue weighted by atomic mass is 10.1. The van der Waals surface area contributed by atoms with Crippen molar-refractivity contribution in [2.75, 3.05) is 20.2 Å². The molecule has 18 heavy (non-hydrogen) atoms. The molecule has 0 aromatic heterocycles. The van der Waals surface area contributed by atoms with Crippen LogP contribution < -0.4 is 10.5 Å². The zero-order valence-electron chi connectivity index (χ0n) is 11.6. The zero-order valence-corrected chi connectivity index (χ0v) is 11.6. The summed E-state index contributed by atoms with van der Waals surface area (Å²) in [6.07, 6.45) is 0. The van der Waals surface area contributed by atoms with E-state index in [-0.39, 0.29) is 18.6 Å². The van der Waals surface area contributed by atoms with Crippen molar-refractivity contribution in [3.05, 3.63) is 29.3 Å². The van der Waals surface area contributed by atoms with Crippen LogP contribution in [0.3, 0.4) is 0 Å². The number of likely N-dealkylation sites (N-methyl/N-ethyl adjacent to an activating group) is 1. The molecule has 0 bridgehead atoms. The molecule has 1 amide bonds. The van der Waals surface area contributed by atoms with Crippen LogP contribution in [0.25, 0.3) is 0 Å². The van der Waals surface area contributed by atoms with E-state index in [0.29, 0.717) is 12.3 Å². The molecule has 0 aliphatic carbocycles. The van der Waals surface area contributed by atoms with Gasteiger partial charge < -0.3 is 15.4 Å². The number of benzene rings is 1. The monoisotopic (exact) mass is 250 g/mol. The predicted octanol–water partition coefficient (Wildman–Crippen LogP) is 1.87. The topological polar surface area (TPSA) is 55.6 Å². The van der Waals surface area contributed by atoms with Crippen molar-refractivity contribution >= 4 is 5.91 Å². The summed E-state index contributed by atoms with van der Waals surface area (Å²) >= 11 is 0. The fourth-order valence-electron chi connectivity index (χ4n) is 1.57. The molecule has 0 heterocycles. The van der Waals surface area contributed by atoms with Gasteiger partial charge in [-0.15, -0.1) is 0 Å². The molecule has 0 aliphatic heterocycles. The maximum Gasteiger partial charge on any atom is 0.260 e. The smallest absolute Gasteiger partial charge is 0.260 e. The molecule has 4 heteroatoms. The largest absolute Gasteiger partial charge is 0.483 e. The number of carbonyl (C=O) groups excluding carboxylic acids is 1. The lowest BCUT2D eigenvalue weighted by Crippen LogP contribution is -2.31. The molecule has 1 atom stereocenters. The van der Waals surface area contributed by atoms with E-state index in [0.717, 1.165) is 11.1 Å². The summed E-state index contributed by atoms with van der Waals surface area (Å²) in [5.74, 6) is 0.664. The number of amides is 1. The molecular formula is C14H22N2O2. The number of hydrogen-bond donors (Lipinski definition) is 1. The fourth-order valence-corrected chi connectivity index (χ4v) is 1.57. The van der Waals surface area contributed by atoms with Gasteiger partial charge in [0.05, 0.1) is 0 Å². The average Bonchev–Trinajstić information content (AvgIpc) is 2.34. The second-order valence-corrected chi connectivity index (χ2v) is 4.53. The summed E-state index contributed by atoms with van der Waals surface area (Å²) in [5.41, 5.74) is 7.89. The van der Waals surface area contributed by atoms with E-state index < -0.39 is 0 Å². The highest BCUT2D eigenvalue weighted by Crippen LogP contribution is 2.25. The number of carbonyl (C=O) groups is 1. The summed E-state index contributed by atoms with van der Waals surface area (Å²) < 4.78 is 5.59. The number of rotatable bonds is 5. The molecule has 1 aromatic carbocycles. The van der Waals surface area contributed by atoms with Gasteiger partial charge in [0.2, 0.25) is 0 Å². The Kier molecular flexibility index (Phi) is 5.16. The van der Waals surface area contributed by atoms with Crippen LogP contribution in [0.15, 0.2) is 18.2 Å². The van der Waals surface area contributed by atoms with E-state index in [1.165, 1.54) is 0 Å². The Bertz CT molecular complexity index is 416. The van der Waals surface area contributed by atoms with Crippen molar-refractivity contribution in [1.82, 2.24) is 4.90 Å². The standard InChI is InChI=1S/C14H22N2O2/c1-5-16(4)14(17)9-18-13-8-10(2)6-7-12(13)11(3)15/h6-8,11H,5,9,15H2,1-4H3/t11-/m1/s1. The first-order valence-corrected chi connectivity index (χ1v) is 6.18. The van der Waals surface area contributed by atoms with Gasteiger partial charge in [0.1, 0.15) is 5.75 Å². The quantitative estimate of drug-likeness (QED) is 0.868. The third kappa shape index (κ3) is 3.74. The minimum atomic E-state index is -0.111. The highest BCUT2D eigenvalue weighted by molar-refractivity contribution is 5.77. The van der Waals surface area contributed by atoms with Crippen LogP contribution in [-0.2, 0) is 4.79 Å². The Balaban J connectivity index is 2.77. The number of ether oxygens (including phenoxy) is 1. The zero-order chi connectivity index (χ0) is 13.7. The van der Waals surface area contributed by atoms with E-state index >= 15 is 0 Å². The number of aryl methyl sites for hydroxylation is 1. The van der Waals surface area contributed by atoms with Crippen molar-refractivity contribution in [2.45, 2.75) is 26.8 Å². The molecule has 0 aliphatic rings. The van der Waals surface area contributed by atoms with Crippen LogP contribution in [0.5, 0.6) is 5.75 Å². The second-order valence-electron chi connectivity index (χ2n) is 4.53. The Labute approximate surface area is 109 Å². The molecule has 0 unspecified atom stereocenters. The molecule has 100 valence electrons. The van der Waals surface area contributed by atoms with Crippen LogP contribution in [0, 0.1) is 6.92 Å². The molecule has 0 spiro atoms. The Morgan fingerprint density at radius 2 is 2.17 bits per heavy atom. The first-order chi connectivity index (χ1) is 8.45. The van der Waals surface area contributed by atoms with E-state index in [2.05, 4.69) is 0 Å².